The van der Waals surface area contributed by atoms with Crippen LogP contribution in [0.3, 0.4) is 0 Å². The van der Waals surface area contributed by atoms with Gasteiger partial charge in [0.1, 0.15) is 0 Å². The number of carboxylic acid groups (broad SMARTS) is 1. The van der Waals surface area contributed by atoms with Gasteiger partial charge in [-0.15, -0.1) is 0 Å². The van der Waals surface area contributed by atoms with Gasteiger partial charge < -0.3 is 5.11 Å². The van der Waals surface area contributed by atoms with E-state index in [9.17, 15) is 4.79 Å². The van der Waals surface area contributed by atoms with Crippen molar-refractivity contribution >= 4 is 34.2 Å². The lowest BCUT2D eigenvalue weighted by Gasteiger charge is -1.97. The number of rotatable bonds is 2. The van der Waals surface area contributed by atoms with E-state index in [1.807, 2.05) is 0 Å². The Morgan fingerprint density at radius 3 is 2.31 bits per heavy atom. The van der Waals surface area contributed by atoms with Crippen LogP contribution < -0.4 is 0 Å². The SMILES string of the molecule is O=C(O)/C=C(/Cl)c1ccc(Cl)cc1. The Bertz CT molecular complexity index is 341. The number of benzene rings is 1. The summed E-state index contributed by atoms with van der Waals surface area (Å²) in [5.41, 5.74) is 0.633. The van der Waals surface area contributed by atoms with E-state index in [1.165, 1.54) is 0 Å². The maximum absolute atomic E-state index is 10.3. The topological polar surface area (TPSA) is 37.3 Å². The van der Waals surface area contributed by atoms with Crippen LogP contribution in [-0.2, 0) is 4.79 Å². The van der Waals surface area contributed by atoms with E-state index >= 15 is 0 Å². The van der Waals surface area contributed by atoms with Gasteiger partial charge in [0, 0.05) is 11.1 Å². The fraction of sp³-hybridized carbons (Fsp3) is 0. The van der Waals surface area contributed by atoms with Gasteiger partial charge >= 0.3 is 5.97 Å². The van der Waals surface area contributed by atoms with Crippen molar-refractivity contribution in [2.24, 2.45) is 0 Å². The number of aliphatic carboxylic acids is 1. The number of carboxylic acids is 1. The first-order chi connectivity index (χ1) is 6.09. The molecule has 0 aliphatic heterocycles. The Kier molecular flexibility index (Phi) is 3.34. The molecule has 0 radical (unpaired) electrons. The molecule has 1 rings (SSSR count). The quantitative estimate of drug-likeness (QED) is 0.773. The van der Waals surface area contributed by atoms with Gasteiger partial charge in [-0.3, -0.25) is 0 Å². The van der Waals surface area contributed by atoms with Crippen LogP contribution in [0.2, 0.25) is 5.02 Å². The van der Waals surface area contributed by atoms with E-state index in [2.05, 4.69) is 0 Å². The van der Waals surface area contributed by atoms with Crippen molar-refractivity contribution in [1.29, 1.82) is 0 Å². The van der Waals surface area contributed by atoms with Crippen molar-refractivity contribution in [1.82, 2.24) is 0 Å². The third kappa shape index (κ3) is 3.09. The Balaban J connectivity index is 2.96. The van der Waals surface area contributed by atoms with Crippen molar-refractivity contribution in [3.05, 3.63) is 40.9 Å². The van der Waals surface area contributed by atoms with Crippen LogP contribution in [-0.4, -0.2) is 11.1 Å². The molecule has 1 aromatic rings. The molecule has 0 bridgehead atoms. The van der Waals surface area contributed by atoms with E-state index in [1.54, 1.807) is 24.3 Å². The molecule has 0 saturated carbocycles. The number of hydrogen-bond acceptors (Lipinski definition) is 1. The second kappa shape index (κ2) is 4.30. The number of hydrogen-bond donors (Lipinski definition) is 1. The summed E-state index contributed by atoms with van der Waals surface area (Å²) >= 11 is 11.3. The van der Waals surface area contributed by atoms with Crippen LogP contribution in [0.25, 0.3) is 5.03 Å². The average Bonchev–Trinajstić information content (AvgIpc) is 2.04. The first kappa shape index (κ1) is 10.1. The smallest absolute Gasteiger partial charge is 0.329 e. The molecule has 4 heteroatoms. The molecule has 0 saturated heterocycles. The molecular formula is C9H6Cl2O2. The minimum atomic E-state index is -1.07. The maximum Gasteiger partial charge on any atom is 0.329 e. The van der Waals surface area contributed by atoms with Crippen LogP contribution in [0, 0.1) is 0 Å². The highest BCUT2D eigenvalue weighted by molar-refractivity contribution is 6.50. The van der Waals surface area contributed by atoms with Gasteiger partial charge in [0.25, 0.3) is 0 Å². The minimum Gasteiger partial charge on any atom is -0.478 e. The summed E-state index contributed by atoms with van der Waals surface area (Å²) in [7, 11) is 0. The lowest BCUT2D eigenvalue weighted by Crippen LogP contribution is -1.88. The monoisotopic (exact) mass is 216 g/mol. The lowest BCUT2D eigenvalue weighted by atomic mass is 10.2. The molecule has 2 nitrogen and oxygen atoms in total. The molecule has 0 aliphatic carbocycles. The van der Waals surface area contributed by atoms with E-state index in [-0.39, 0.29) is 5.03 Å². The first-order valence-electron chi connectivity index (χ1n) is 3.45. The fourth-order valence-corrected chi connectivity index (χ4v) is 1.15. The van der Waals surface area contributed by atoms with Gasteiger partial charge in [0.2, 0.25) is 0 Å². The molecule has 0 amide bonds. The van der Waals surface area contributed by atoms with Gasteiger partial charge in [-0.05, 0) is 17.7 Å². The second-order valence-corrected chi connectivity index (χ2v) is 3.18. The number of carbonyl (C=O) groups is 1. The van der Waals surface area contributed by atoms with Crippen molar-refractivity contribution < 1.29 is 9.90 Å². The van der Waals surface area contributed by atoms with Crippen molar-refractivity contribution in [2.75, 3.05) is 0 Å². The van der Waals surface area contributed by atoms with Crippen LogP contribution in [0.15, 0.2) is 30.3 Å². The van der Waals surface area contributed by atoms with Crippen molar-refractivity contribution in [3.8, 4) is 0 Å². The molecule has 13 heavy (non-hydrogen) atoms. The second-order valence-electron chi connectivity index (χ2n) is 2.34. The molecule has 68 valence electrons. The third-order valence-corrected chi connectivity index (χ3v) is 1.95. The molecule has 0 aliphatic rings. The predicted molar refractivity (Wildman–Crippen MR) is 52.9 cm³/mol. The molecule has 1 N–H and O–H groups in total. The summed E-state index contributed by atoms with van der Waals surface area (Å²) in [6.07, 6.45) is 0.935. The van der Waals surface area contributed by atoms with Gasteiger partial charge in [0.15, 0.2) is 0 Å². The minimum absolute atomic E-state index is 0.184. The molecule has 0 unspecified atom stereocenters. The van der Waals surface area contributed by atoms with Gasteiger partial charge in [-0.25, -0.2) is 4.79 Å². The summed E-state index contributed by atoms with van der Waals surface area (Å²) < 4.78 is 0. The van der Waals surface area contributed by atoms with Crippen LogP contribution in [0.5, 0.6) is 0 Å². The Hall–Kier alpha value is -0.990. The standard InChI is InChI=1S/C9H6Cl2O2/c10-7-3-1-6(2-4-7)8(11)5-9(12)13/h1-5H,(H,12,13)/b8-5+. The fourth-order valence-electron chi connectivity index (χ4n) is 0.801. The summed E-state index contributed by atoms with van der Waals surface area (Å²) in [6.45, 7) is 0. The van der Waals surface area contributed by atoms with Gasteiger partial charge in [0.05, 0.1) is 5.03 Å². The molecule has 0 fully saturated rings. The summed E-state index contributed by atoms with van der Waals surface area (Å²) in [5.74, 6) is -1.07. The first-order valence-corrected chi connectivity index (χ1v) is 4.21. The van der Waals surface area contributed by atoms with Crippen molar-refractivity contribution in [2.45, 2.75) is 0 Å². The normalized spacial score (nSPS) is 11.4. The molecule has 0 spiro atoms. The molecule has 0 heterocycles. The maximum atomic E-state index is 10.3. The largest absolute Gasteiger partial charge is 0.478 e. The summed E-state index contributed by atoms with van der Waals surface area (Å²) in [6, 6.07) is 6.61. The summed E-state index contributed by atoms with van der Waals surface area (Å²) in [4.78, 5) is 10.3. The average molecular weight is 217 g/mol. The van der Waals surface area contributed by atoms with Crippen LogP contribution in [0.4, 0.5) is 0 Å². The Morgan fingerprint density at radius 1 is 1.31 bits per heavy atom. The molecular weight excluding hydrogens is 211 g/mol. The van der Waals surface area contributed by atoms with Crippen LogP contribution >= 0.6 is 23.2 Å². The third-order valence-electron chi connectivity index (χ3n) is 1.37. The highest BCUT2D eigenvalue weighted by Gasteiger charge is 1.99. The molecule has 0 atom stereocenters. The zero-order valence-corrected chi connectivity index (χ0v) is 8.01. The number of halogens is 2. The predicted octanol–water partition coefficient (Wildman–Crippen LogP) is 3.00. The summed E-state index contributed by atoms with van der Waals surface area (Å²) in [5, 5.41) is 9.18. The van der Waals surface area contributed by atoms with Crippen molar-refractivity contribution in [3.63, 3.8) is 0 Å². The van der Waals surface area contributed by atoms with E-state index in [4.69, 9.17) is 28.3 Å². The lowest BCUT2D eigenvalue weighted by molar-refractivity contribution is -0.131. The Labute approximate surface area is 85.4 Å². The van der Waals surface area contributed by atoms with E-state index < -0.39 is 5.97 Å². The molecule has 0 aromatic heterocycles. The zero-order valence-electron chi connectivity index (χ0n) is 6.50. The van der Waals surface area contributed by atoms with E-state index in [0.717, 1.165) is 6.08 Å². The Morgan fingerprint density at radius 2 is 1.85 bits per heavy atom. The van der Waals surface area contributed by atoms with Gasteiger partial charge in [-0.1, -0.05) is 35.3 Å². The van der Waals surface area contributed by atoms with Gasteiger partial charge in [-0.2, -0.15) is 0 Å². The molecule has 1 aromatic carbocycles. The van der Waals surface area contributed by atoms with E-state index in [0.29, 0.717) is 10.6 Å². The zero-order chi connectivity index (χ0) is 9.84. The highest BCUT2D eigenvalue weighted by atomic mass is 35.5. The van der Waals surface area contributed by atoms with Crippen LogP contribution in [0.1, 0.15) is 5.56 Å². The highest BCUT2D eigenvalue weighted by Crippen LogP contribution is 2.20.